The minimum Gasteiger partial charge on any atom is -0.481 e. The molecule has 440 valence electrons. The second-order valence-electron chi connectivity index (χ2n) is 18.9. The third kappa shape index (κ3) is 22.8. The number of carboxylic acids is 2. The van der Waals surface area contributed by atoms with E-state index in [0.29, 0.717) is 23.3 Å². The predicted molar refractivity (Wildman–Crippen MR) is 291 cm³/mol. The zero-order valence-corrected chi connectivity index (χ0v) is 45.6. The van der Waals surface area contributed by atoms with Gasteiger partial charge in [-0.25, -0.2) is 4.79 Å². The Hall–Kier alpha value is -7.89. The van der Waals surface area contributed by atoms with Crippen molar-refractivity contribution in [2.45, 2.75) is 132 Å². The minimum absolute atomic E-state index is 0.00458. The van der Waals surface area contributed by atoms with Gasteiger partial charge in [-0.3, -0.25) is 52.9 Å². The second kappa shape index (κ2) is 34.2. The molecule has 2 aromatic rings. The van der Waals surface area contributed by atoms with E-state index in [1.165, 1.54) is 25.6 Å². The number of aliphatic imine (C=N–C) groups is 1. The molecule has 1 fully saturated rings. The molecule has 0 radical (unpaired) electrons. The molecule has 1 saturated heterocycles. The lowest BCUT2D eigenvalue weighted by atomic mass is 10.0. The van der Waals surface area contributed by atoms with Crippen LogP contribution < -0.4 is 59.7 Å². The van der Waals surface area contributed by atoms with E-state index in [1.54, 1.807) is 66.9 Å². The molecule has 1 heterocycles. The lowest BCUT2D eigenvalue weighted by Crippen LogP contribution is -2.60. The van der Waals surface area contributed by atoms with E-state index in [1.807, 2.05) is 0 Å². The first-order chi connectivity index (χ1) is 37.9. The van der Waals surface area contributed by atoms with Crippen LogP contribution in [0.1, 0.15) is 69.9 Å². The Morgan fingerprint density at radius 3 is 1.80 bits per heavy atom. The quantitative estimate of drug-likeness (QED) is 0.0178. The average molecular weight is 1140 g/mol. The van der Waals surface area contributed by atoms with Crippen molar-refractivity contribution in [1.82, 2.24) is 47.4 Å². The number of hydrogen-bond acceptors (Lipinski definition) is 16. The van der Waals surface area contributed by atoms with Crippen molar-refractivity contribution < 1.29 is 73.2 Å². The fraction of sp³-hybridized carbons (Fsp3) is 0.529. The second-order valence-corrected chi connectivity index (χ2v) is 19.9. The zero-order chi connectivity index (χ0) is 59.5. The van der Waals surface area contributed by atoms with Crippen LogP contribution in [0, 0.1) is 0 Å². The maximum absolute atomic E-state index is 14.1. The standard InChI is InChI=1S/C51H75N13O15S/c1-28(57-43(71)32(52)27-65)42(70)60-35(18-19-40(68)69)49(77)64-22-11-17-38(64)47(75)61-36(24-30-12-6-4-7-13-30)44(72)56-26-39(67)63-41(29(2)66)48(76)59-34(20-23-80-3)46(74)58-33(16-10-21-55-51(53)54)45(73)62-37(50(78)79)25-31-14-8-5-9-15-31/h4-9,12-15,28-29,32-38,41,65-66H,10-11,16-27,52H2,1-3H3,(H,56,72)(H,57,71)(H,58,74)(H,59,76)(H,60,70)(H,61,75)(H,62,73)(H,63,67)(H,68,69)(H,78,79)(H4,53,54,55)/t28-,29+,32-,33-,34-,35-,36-,37-,38-,41-/m0/s1. The van der Waals surface area contributed by atoms with Crippen LogP contribution in [0.15, 0.2) is 65.7 Å². The van der Waals surface area contributed by atoms with Gasteiger partial charge < -0.3 is 85.1 Å². The number of likely N-dealkylation sites (tertiary alicyclic amines) is 1. The molecule has 2 aromatic carbocycles. The van der Waals surface area contributed by atoms with Crippen LogP contribution in [0.3, 0.4) is 0 Å². The number of rotatable bonds is 34. The molecule has 10 atom stereocenters. The van der Waals surface area contributed by atoms with Gasteiger partial charge in [0, 0.05) is 32.4 Å². The summed E-state index contributed by atoms with van der Waals surface area (Å²) in [6.07, 6.45) is -0.494. The number of carboxylic acid groups (broad SMARTS) is 2. The number of hydrogen-bond donors (Lipinski definition) is 15. The molecule has 29 heteroatoms. The summed E-state index contributed by atoms with van der Waals surface area (Å²) >= 11 is 1.32. The fourth-order valence-corrected chi connectivity index (χ4v) is 8.65. The molecule has 1 aliphatic heterocycles. The van der Waals surface area contributed by atoms with Crippen molar-refractivity contribution in [1.29, 1.82) is 0 Å². The summed E-state index contributed by atoms with van der Waals surface area (Å²) < 4.78 is 0. The van der Waals surface area contributed by atoms with Gasteiger partial charge in [0.25, 0.3) is 0 Å². The Bertz CT molecular complexity index is 2470. The molecule has 0 aliphatic carbocycles. The van der Waals surface area contributed by atoms with E-state index in [0.717, 1.165) is 4.90 Å². The first-order valence-corrected chi connectivity index (χ1v) is 27.2. The van der Waals surface area contributed by atoms with Gasteiger partial charge in [0.05, 0.1) is 19.3 Å². The molecule has 18 N–H and O–H groups in total. The Morgan fingerprint density at radius 2 is 1.25 bits per heavy atom. The Labute approximate surface area is 466 Å². The lowest BCUT2D eigenvalue weighted by molar-refractivity contribution is -0.143. The highest BCUT2D eigenvalue weighted by Crippen LogP contribution is 2.21. The van der Waals surface area contributed by atoms with Gasteiger partial charge in [-0.05, 0) is 75.5 Å². The van der Waals surface area contributed by atoms with Gasteiger partial charge in [0.1, 0.15) is 54.4 Å². The molecule has 0 aromatic heterocycles. The SMILES string of the molecule is CSCC[C@H](NC(=O)[C@@H](NC(=O)CNC(=O)[C@H](Cc1ccccc1)NC(=O)[C@@H]1CCCN1C(=O)[C@H](CCC(=O)O)NC(=O)[C@H](C)NC(=O)[C@@H](N)CO)[C@@H](C)O)C(=O)N[C@@H](CCCN=C(N)N)C(=O)N[C@@H](Cc1ccccc1)C(=O)O. The van der Waals surface area contributed by atoms with Gasteiger partial charge >= 0.3 is 11.9 Å². The van der Waals surface area contributed by atoms with Crippen LogP contribution in [-0.4, -0.2) is 195 Å². The number of aliphatic carboxylic acids is 2. The van der Waals surface area contributed by atoms with Crippen LogP contribution in [0.2, 0.25) is 0 Å². The number of carbonyl (C=O) groups excluding carboxylic acids is 9. The van der Waals surface area contributed by atoms with Crippen LogP contribution >= 0.6 is 11.8 Å². The molecular formula is C51H75N13O15S. The van der Waals surface area contributed by atoms with E-state index in [-0.39, 0.29) is 57.6 Å². The number of aliphatic hydroxyl groups excluding tert-OH is 2. The molecule has 9 amide bonds. The highest BCUT2D eigenvalue weighted by Gasteiger charge is 2.40. The van der Waals surface area contributed by atoms with Crippen molar-refractivity contribution in [2.75, 3.05) is 38.2 Å². The summed E-state index contributed by atoms with van der Waals surface area (Å²) in [7, 11) is 0. The van der Waals surface area contributed by atoms with E-state index in [4.69, 9.17) is 17.2 Å². The normalized spacial score (nSPS) is 16.2. The molecule has 3 rings (SSSR count). The van der Waals surface area contributed by atoms with Gasteiger partial charge in [-0.15, -0.1) is 0 Å². The van der Waals surface area contributed by atoms with Crippen molar-refractivity contribution in [3.8, 4) is 0 Å². The number of amides is 9. The van der Waals surface area contributed by atoms with Crippen molar-refractivity contribution in [3.05, 3.63) is 71.8 Å². The highest BCUT2D eigenvalue weighted by molar-refractivity contribution is 7.98. The van der Waals surface area contributed by atoms with Gasteiger partial charge in [0.15, 0.2) is 5.96 Å². The summed E-state index contributed by atoms with van der Waals surface area (Å²) in [5.41, 5.74) is 17.6. The van der Waals surface area contributed by atoms with E-state index in [9.17, 15) is 73.2 Å². The highest BCUT2D eigenvalue weighted by atomic mass is 32.2. The van der Waals surface area contributed by atoms with Crippen LogP contribution in [-0.2, 0) is 65.6 Å². The number of aliphatic hydroxyl groups is 2. The summed E-state index contributed by atoms with van der Waals surface area (Å²) in [5.74, 6) is -10.5. The molecule has 80 heavy (non-hydrogen) atoms. The van der Waals surface area contributed by atoms with Gasteiger partial charge in [-0.2, -0.15) is 11.8 Å². The number of benzene rings is 2. The molecule has 0 spiro atoms. The summed E-state index contributed by atoms with van der Waals surface area (Å²) in [6.45, 7) is 1.02. The predicted octanol–water partition coefficient (Wildman–Crippen LogP) is -4.55. The van der Waals surface area contributed by atoms with E-state index >= 15 is 0 Å². The number of nitrogens with two attached hydrogens (primary N) is 3. The van der Waals surface area contributed by atoms with Crippen LogP contribution in [0.5, 0.6) is 0 Å². The first-order valence-electron chi connectivity index (χ1n) is 25.8. The summed E-state index contributed by atoms with van der Waals surface area (Å²) in [4.78, 5) is 151. The number of guanidine groups is 1. The molecule has 0 saturated carbocycles. The summed E-state index contributed by atoms with van der Waals surface area (Å²) in [6, 6.07) is 4.49. The Balaban J connectivity index is 1.76. The fourth-order valence-electron chi connectivity index (χ4n) is 8.17. The van der Waals surface area contributed by atoms with Gasteiger partial charge in [-0.1, -0.05) is 60.7 Å². The number of nitrogens with one attached hydrogen (secondary N) is 8. The van der Waals surface area contributed by atoms with E-state index < -0.39 is 152 Å². The molecule has 0 unspecified atom stereocenters. The van der Waals surface area contributed by atoms with E-state index in [2.05, 4.69) is 47.5 Å². The molecule has 1 aliphatic rings. The number of thioether (sulfide) groups is 1. The topological polar surface area (TPSA) is 459 Å². The minimum atomic E-state index is -1.71. The maximum Gasteiger partial charge on any atom is 0.326 e. The van der Waals surface area contributed by atoms with Crippen molar-refractivity contribution >= 4 is 82.8 Å². The lowest BCUT2D eigenvalue weighted by Gasteiger charge is -2.30. The smallest absolute Gasteiger partial charge is 0.326 e. The zero-order valence-electron chi connectivity index (χ0n) is 44.8. The molecule has 0 bridgehead atoms. The Morgan fingerprint density at radius 1 is 0.688 bits per heavy atom. The molecule has 28 nitrogen and oxygen atoms in total. The monoisotopic (exact) mass is 1140 g/mol. The van der Waals surface area contributed by atoms with Gasteiger partial charge in [0.2, 0.25) is 53.2 Å². The van der Waals surface area contributed by atoms with Crippen LogP contribution in [0.4, 0.5) is 0 Å². The summed E-state index contributed by atoms with van der Waals surface area (Å²) in [5, 5.41) is 59.0. The van der Waals surface area contributed by atoms with Crippen molar-refractivity contribution in [3.63, 3.8) is 0 Å². The maximum atomic E-state index is 14.1. The number of nitrogens with zero attached hydrogens (tertiary/aromatic N) is 2. The number of carbonyl (C=O) groups is 11. The first kappa shape index (κ1) is 66.4. The third-order valence-electron chi connectivity index (χ3n) is 12.5. The molecular weight excluding hydrogens is 1070 g/mol. The van der Waals surface area contributed by atoms with Crippen LogP contribution in [0.25, 0.3) is 0 Å². The average Bonchev–Trinajstić information content (AvgIpc) is 3.96. The third-order valence-corrected chi connectivity index (χ3v) is 13.2. The largest absolute Gasteiger partial charge is 0.481 e. The van der Waals surface area contributed by atoms with Crippen molar-refractivity contribution in [2.24, 2.45) is 22.2 Å². The Kier molecular flexibility index (Phi) is 28.4.